The number of nitro groups is 1. The van der Waals surface area contributed by atoms with Crippen LogP contribution in [0.4, 0.5) is 5.69 Å². The summed E-state index contributed by atoms with van der Waals surface area (Å²) in [5.41, 5.74) is 1.23. The Morgan fingerprint density at radius 3 is 2.65 bits per heavy atom. The van der Waals surface area contributed by atoms with Gasteiger partial charge in [0.25, 0.3) is 5.69 Å². The molecule has 1 N–H and O–H groups in total. The van der Waals surface area contributed by atoms with Crippen molar-refractivity contribution in [3.05, 3.63) is 67.0 Å². The molecule has 7 heteroatoms. The van der Waals surface area contributed by atoms with Crippen LogP contribution in [0, 0.1) is 17.0 Å². The molecular formula is C16H17N3O4. The Morgan fingerprint density at radius 1 is 1.43 bits per heavy atom. The third kappa shape index (κ3) is 3.76. The first-order chi connectivity index (χ1) is 10.8. The summed E-state index contributed by atoms with van der Waals surface area (Å²) >= 11 is 0. The van der Waals surface area contributed by atoms with Crippen LogP contribution in [0.1, 0.15) is 11.1 Å². The lowest BCUT2D eigenvalue weighted by Crippen LogP contribution is -2.21. The van der Waals surface area contributed by atoms with Gasteiger partial charge in [0.2, 0.25) is 0 Å². The number of rotatable bonds is 4. The van der Waals surface area contributed by atoms with Crippen molar-refractivity contribution in [1.29, 1.82) is 0 Å². The molecule has 0 saturated carbocycles. The number of oxazole rings is 1. The van der Waals surface area contributed by atoms with E-state index in [0.29, 0.717) is 11.1 Å². The Balaban J connectivity index is 2.74. The molecule has 7 nitrogen and oxygen atoms in total. The van der Waals surface area contributed by atoms with E-state index in [1.54, 1.807) is 44.3 Å². The van der Waals surface area contributed by atoms with Gasteiger partial charge in [-0.25, -0.2) is 4.79 Å². The summed E-state index contributed by atoms with van der Waals surface area (Å²) in [7, 11) is 3.58. The normalized spacial score (nSPS) is 12.5. The molecular weight excluding hydrogens is 298 g/mol. The van der Waals surface area contributed by atoms with Gasteiger partial charge in [-0.05, 0) is 31.2 Å². The van der Waals surface area contributed by atoms with Gasteiger partial charge in [0, 0.05) is 31.9 Å². The van der Waals surface area contributed by atoms with Gasteiger partial charge in [0.15, 0.2) is 5.55 Å². The van der Waals surface area contributed by atoms with E-state index in [4.69, 9.17) is 4.42 Å². The Morgan fingerprint density at radius 2 is 2.13 bits per heavy atom. The number of aryl methyl sites for hydroxylation is 1. The first-order valence-corrected chi connectivity index (χ1v) is 6.81. The van der Waals surface area contributed by atoms with E-state index in [1.165, 1.54) is 12.1 Å². The molecule has 120 valence electrons. The van der Waals surface area contributed by atoms with Crippen molar-refractivity contribution >= 4 is 23.9 Å². The Bertz CT molecular complexity index is 935. The van der Waals surface area contributed by atoms with Crippen molar-refractivity contribution in [3.63, 3.8) is 0 Å². The van der Waals surface area contributed by atoms with Crippen LogP contribution in [0.15, 0.2) is 33.6 Å². The van der Waals surface area contributed by atoms with Crippen LogP contribution in [0.5, 0.6) is 0 Å². The predicted octanol–water partition coefficient (Wildman–Crippen LogP) is 0.978. The number of aromatic amines is 1. The molecule has 1 aromatic carbocycles. The number of nitrogens with one attached hydrogen (secondary N) is 1. The molecule has 1 heterocycles. The Hall–Kier alpha value is -3.09. The zero-order chi connectivity index (χ0) is 17.1. The summed E-state index contributed by atoms with van der Waals surface area (Å²) in [6.07, 6.45) is 3.21. The zero-order valence-electron chi connectivity index (χ0n) is 13.1. The number of nitro benzene ring substituents is 1. The highest BCUT2D eigenvalue weighted by molar-refractivity contribution is 5.91. The summed E-state index contributed by atoms with van der Waals surface area (Å²) in [4.78, 5) is 27.1. The van der Waals surface area contributed by atoms with Crippen LogP contribution < -0.4 is 16.5 Å². The molecule has 0 saturated heterocycles. The van der Waals surface area contributed by atoms with Crippen LogP contribution in [0.3, 0.4) is 0 Å². The summed E-state index contributed by atoms with van der Waals surface area (Å²) < 4.78 is 4.82. The monoisotopic (exact) mass is 315 g/mol. The number of allylic oxidation sites excluding steroid dienone is 1. The first kappa shape index (κ1) is 16.3. The summed E-state index contributed by atoms with van der Waals surface area (Å²) in [6.45, 7) is 5.30. The topological polar surface area (TPSA) is 92.4 Å². The smallest absolute Gasteiger partial charge is 0.361 e. The van der Waals surface area contributed by atoms with Crippen LogP contribution >= 0.6 is 0 Å². The van der Waals surface area contributed by atoms with Gasteiger partial charge in [0.1, 0.15) is 5.35 Å². The second-order valence-electron chi connectivity index (χ2n) is 5.32. The largest absolute Gasteiger partial charge is 0.405 e. The molecule has 0 spiro atoms. The van der Waals surface area contributed by atoms with Crippen molar-refractivity contribution in [1.82, 2.24) is 9.88 Å². The highest BCUT2D eigenvalue weighted by Gasteiger charge is 2.17. The molecule has 0 aliphatic heterocycles. The van der Waals surface area contributed by atoms with Gasteiger partial charge in [-0.2, -0.15) is 0 Å². The number of aromatic nitrogens is 1. The van der Waals surface area contributed by atoms with Crippen molar-refractivity contribution in [2.45, 2.75) is 6.92 Å². The SMILES string of the molecule is C=c1[nH]c(=CC(=CN(C)C)c2ccc(C)cc2[N+](=O)[O-])c(=O)o1. The molecule has 0 unspecified atom stereocenters. The molecule has 0 aliphatic carbocycles. The fraction of sp³-hybridized carbons (Fsp3) is 0.188. The van der Waals surface area contributed by atoms with Gasteiger partial charge >= 0.3 is 5.63 Å². The molecule has 23 heavy (non-hydrogen) atoms. The van der Waals surface area contributed by atoms with Gasteiger partial charge in [-0.1, -0.05) is 6.07 Å². The highest BCUT2D eigenvalue weighted by Crippen LogP contribution is 2.28. The molecule has 0 bridgehead atoms. The number of hydrogen-bond donors (Lipinski definition) is 1. The van der Waals surface area contributed by atoms with E-state index in [2.05, 4.69) is 11.6 Å². The van der Waals surface area contributed by atoms with Gasteiger partial charge < -0.3 is 14.3 Å². The second kappa shape index (κ2) is 6.35. The maximum atomic E-state index is 11.7. The lowest BCUT2D eigenvalue weighted by atomic mass is 10.0. The molecule has 0 fully saturated rings. The van der Waals surface area contributed by atoms with Crippen LogP contribution in [-0.2, 0) is 0 Å². The van der Waals surface area contributed by atoms with Gasteiger partial charge in [-0.15, -0.1) is 0 Å². The summed E-state index contributed by atoms with van der Waals surface area (Å²) in [6, 6.07) is 4.94. The molecule has 0 aliphatic rings. The maximum Gasteiger partial charge on any atom is 0.361 e. The zero-order valence-corrected chi connectivity index (χ0v) is 13.1. The quantitative estimate of drug-likeness (QED) is 0.670. The minimum atomic E-state index is -0.575. The Kier molecular flexibility index (Phi) is 4.49. The number of benzene rings is 1. The first-order valence-electron chi connectivity index (χ1n) is 6.81. The molecule has 0 atom stereocenters. The molecule has 2 rings (SSSR count). The molecule has 0 radical (unpaired) electrons. The van der Waals surface area contributed by atoms with Gasteiger partial charge in [-0.3, -0.25) is 10.1 Å². The number of nitrogens with zero attached hydrogens (tertiary/aromatic N) is 2. The van der Waals surface area contributed by atoms with E-state index < -0.39 is 10.5 Å². The third-order valence-electron chi connectivity index (χ3n) is 3.07. The lowest BCUT2D eigenvalue weighted by molar-refractivity contribution is -0.385. The van der Waals surface area contributed by atoms with Crippen molar-refractivity contribution in [2.75, 3.05) is 14.1 Å². The molecule has 1 aromatic heterocycles. The predicted molar refractivity (Wildman–Crippen MR) is 88.1 cm³/mol. The van der Waals surface area contributed by atoms with E-state index in [9.17, 15) is 14.9 Å². The van der Waals surface area contributed by atoms with Gasteiger partial charge in [0.05, 0.1) is 10.5 Å². The summed E-state index contributed by atoms with van der Waals surface area (Å²) in [5.74, 6) is 0. The third-order valence-corrected chi connectivity index (χ3v) is 3.07. The van der Waals surface area contributed by atoms with Crippen molar-refractivity contribution in [3.8, 4) is 0 Å². The van der Waals surface area contributed by atoms with Crippen molar-refractivity contribution < 1.29 is 9.34 Å². The van der Waals surface area contributed by atoms with E-state index >= 15 is 0 Å². The molecule has 0 amide bonds. The highest BCUT2D eigenvalue weighted by atomic mass is 16.6. The van der Waals surface area contributed by atoms with Crippen LogP contribution in [0.2, 0.25) is 0 Å². The fourth-order valence-electron chi connectivity index (χ4n) is 2.14. The maximum absolute atomic E-state index is 11.7. The standard InChI is InChI=1S/C16H17N3O4/c1-10-5-6-13(15(7-10)19(21)22)12(9-18(3)4)8-14-16(20)23-11(2)17-14/h5-9,17H,2H2,1,3-4H3. The lowest BCUT2D eigenvalue weighted by Gasteiger charge is -2.10. The molecule has 2 aromatic rings. The Labute approximate surface area is 132 Å². The van der Waals surface area contributed by atoms with Crippen LogP contribution in [0.25, 0.3) is 18.2 Å². The number of hydrogen-bond acceptors (Lipinski definition) is 5. The fourth-order valence-corrected chi connectivity index (χ4v) is 2.14. The van der Waals surface area contributed by atoms with E-state index in [-0.39, 0.29) is 16.6 Å². The van der Waals surface area contributed by atoms with E-state index in [1.807, 2.05) is 0 Å². The van der Waals surface area contributed by atoms with Crippen LogP contribution in [-0.4, -0.2) is 28.9 Å². The average molecular weight is 315 g/mol. The second-order valence-corrected chi connectivity index (χ2v) is 5.32. The summed E-state index contributed by atoms with van der Waals surface area (Å²) in [5, 5.41) is 11.5. The average Bonchev–Trinajstić information content (AvgIpc) is 2.75. The van der Waals surface area contributed by atoms with Crippen molar-refractivity contribution in [2.24, 2.45) is 0 Å². The number of H-pyrrole nitrogens is 1. The minimum Gasteiger partial charge on any atom is -0.405 e. The minimum absolute atomic E-state index is 0.0276. The van der Waals surface area contributed by atoms with E-state index in [0.717, 1.165) is 5.56 Å².